The zero-order valence-electron chi connectivity index (χ0n) is 5.69. The second-order valence-electron chi connectivity index (χ2n) is 2.06. The van der Waals surface area contributed by atoms with Gasteiger partial charge in [0.2, 0.25) is 0 Å². The van der Waals surface area contributed by atoms with Crippen LogP contribution in [0.2, 0.25) is 0 Å². The minimum absolute atomic E-state index is 0.186. The van der Waals surface area contributed by atoms with Crippen LogP contribution in [0.25, 0.3) is 0 Å². The Hall–Kier alpha value is -0.600. The maximum atomic E-state index is 11.3. The fourth-order valence-corrected chi connectivity index (χ4v) is 0.326. The van der Waals surface area contributed by atoms with Crippen molar-refractivity contribution in [1.82, 2.24) is 0 Å². The van der Waals surface area contributed by atoms with E-state index in [-0.39, 0.29) is 12.5 Å². The van der Waals surface area contributed by atoms with Crippen molar-refractivity contribution in [2.45, 2.75) is 20.3 Å². The highest BCUT2D eigenvalue weighted by Crippen LogP contribution is 2.00. The van der Waals surface area contributed by atoms with Gasteiger partial charge in [0, 0.05) is 0 Å². The summed E-state index contributed by atoms with van der Waals surface area (Å²) in [6.07, 6.45) is -0.789. The van der Waals surface area contributed by atoms with Crippen molar-refractivity contribution in [3.63, 3.8) is 0 Å². The van der Waals surface area contributed by atoms with Crippen molar-refractivity contribution >= 4 is 6.22 Å². The highest BCUT2D eigenvalue weighted by molar-refractivity contribution is 5.57. The standard InChI is InChI=1S/C6H11FO2/c1-3-5(2)4-9-6(7)8/h5H,3-4H2,1-2H3. The van der Waals surface area contributed by atoms with Crippen LogP contribution < -0.4 is 0 Å². The van der Waals surface area contributed by atoms with Gasteiger partial charge in [0.25, 0.3) is 0 Å². The smallest absolute Gasteiger partial charge is 0.440 e. The van der Waals surface area contributed by atoms with Crippen LogP contribution in [0.4, 0.5) is 9.18 Å². The largest absolute Gasteiger partial charge is 0.495 e. The van der Waals surface area contributed by atoms with Crippen LogP contribution in [0, 0.1) is 5.92 Å². The molecule has 9 heavy (non-hydrogen) atoms. The maximum absolute atomic E-state index is 11.3. The number of carbonyl (C=O) groups excluding carboxylic acids is 1. The summed E-state index contributed by atoms with van der Waals surface area (Å²) < 4.78 is 15.4. The molecule has 0 spiro atoms. The maximum Gasteiger partial charge on any atom is 0.495 e. The molecule has 0 fully saturated rings. The second-order valence-corrected chi connectivity index (χ2v) is 2.06. The third kappa shape index (κ3) is 5.27. The van der Waals surface area contributed by atoms with Gasteiger partial charge in [-0.3, -0.25) is 0 Å². The highest BCUT2D eigenvalue weighted by Gasteiger charge is 2.02. The lowest BCUT2D eigenvalue weighted by atomic mass is 10.1. The molecule has 1 unspecified atom stereocenters. The molecule has 0 aromatic heterocycles. The predicted octanol–water partition coefficient (Wildman–Crippen LogP) is 2.14. The molecule has 0 saturated heterocycles. The van der Waals surface area contributed by atoms with Crippen molar-refractivity contribution < 1.29 is 13.9 Å². The van der Waals surface area contributed by atoms with Crippen LogP contribution in [0.1, 0.15) is 20.3 Å². The minimum Gasteiger partial charge on any atom is -0.440 e. The quantitative estimate of drug-likeness (QED) is 0.553. The van der Waals surface area contributed by atoms with Gasteiger partial charge in [-0.2, -0.15) is 0 Å². The molecule has 0 bridgehead atoms. The molecule has 0 aliphatic rings. The fraction of sp³-hybridized carbons (Fsp3) is 0.833. The van der Waals surface area contributed by atoms with E-state index in [4.69, 9.17) is 0 Å². The molecule has 0 rings (SSSR count). The summed E-state index contributed by atoms with van der Waals surface area (Å²) in [6.45, 7) is 4.03. The van der Waals surface area contributed by atoms with Crippen LogP contribution in [0.5, 0.6) is 0 Å². The van der Waals surface area contributed by atoms with Crippen molar-refractivity contribution in [2.24, 2.45) is 5.92 Å². The Morgan fingerprint density at radius 2 is 2.33 bits per heavy atom. The van der Waals surface area contributed by atoms with Crippen molar-refractivity contribution in [2.75, 3.05) is 6.61 Å². The van der Waals surface area contributed by atoms with E-state index in [1.807, 2.05) is 13.8 Å². The molecule has 54 valence electrons. The van der Waals surface area contributed by atoms with Gasteiger partial charge in [-0.15, -0.1) is 4.39 Å². The van der Waals surface area contributed by atoms with E-state index >= 15 is 0 Å². The summed E-state index contributed by atoms with van der Waals surface area (Å²) in [6, 6.07) is 0. The molecule has 0 aliphatic carbocycles. The molecule has 3 heteroatoms. The summed E-state index contributed by atoms with van der Waals surface area (Å²) in [5, 5.41) is 0. The van der Waals surface area contributed by atoms with Gasteiger partial charge in [0.05, 0.1) is 6.61 Å². The predicted molar refractivity (Wildman–Crippen MR) is 31.9 cm³/mol. The number of hydrogen-bond acceptors (Lipinski definition) is 2. The third-order valence-corrected chi connectivity index (χ3v) is 1.18. The molecule has 0 saturated carbocycles. The van der Waals surface area contributed by atoms with Gasteiger partial charge in [-0.25, -0.2) is 4.79 Å². The first kappa shape index (κ1) is 8.40. The fourth-order valence-electron chi connectivity index (χ4n) is 0.326. The first-order chi connectivity index (χ1) is 4.16. The van der Waals surface area contributed by atoms with Crippen LogP contribution in [0.15, 0.2) is 0 Å². The van der Waals surface area contributed by atoms with Crippen LogP contribution in [0.3, 0.4) is 0 Å². The van der Waals surface area contributed by atoms with E-state index < -0.39 is 6.22 Å². The Balaban J connectivity index is 3.16. The summed E-state index contributed by atoms with van der Waals surface area (Å²) in [4.78, 5) is 9.58. The van der Waals surface area contributed by atoms with Gasteiger partial charge in [0.1, 0.15) is 0 Å². The lowest BCUT2D eigenvalue weighted by molar-refractivity contribution is 0.105. The number of halogens is 1. The average Bonchev–Trinajstić information content (AvgIpc) is 1.83. The molecule has 2 nitrogen and oxygen atoms in total. The molecule has 0 amide bonds. The van der Waals surface area contributed by atoms with E-state index in [1.165, 1.54) is 0 Å². The Labute approximate surface area is 54.0 Å². The van der Waals surface area contributed by atoms with E-state index in [0.29, 0.717) is 0 Å². The van der Waals surface area contributed by atoms with E-state index in [0.717, 1.165) is 6.42 Å². The summed E-state index contributed by atoms with van der Waals surface area (Å²) >= 11 is 0. The van der Waals surface area contributed by atoms with Crippen molar-refractivity contribution in [1.29, 1.82) is 0 Å². The Bertz CT molecular complexity index is 93.1. The molecular formula is C6H11FO2. The molecule has 0 heterocycles. The Kier molecular flexibility index (Phi) is 4.01. The first-order valence-electron chi connectivity index (χ1n) is 2.99. The second kappa shape index (κ2) is 4.30. The first-order valence-corrected chi connectivity index (χ1v) is 2.99. The molecule has 0 aromatic carbocycles. The van der Waals surface area contributed by atoms with E-state index in [1.54, 1.807) is 0 Å². The summed E-state index contributed by atoms with van der Waals surface area (Å²) in [7, 11) is 0. The lowest BCUT2D eigenvalue weighted by Gasteiger charge is -2.04. The topological polar surface area (TPSA) is 26.3 Å². The minimum atomic E-state index is -1.68. The zero-order chi connectivity index (χ0) is 7.28. The van der Waals surface area contributed by atoms with E-state index in [2.05, 4.69) is 4.74 Å². The summed E-state index contributed by atoms with van der Waals surface area (Å²) in [5.41, 5.74) is 0. The normalized spacial score (nSPS) is 12.8. The number of hydrogen-bond donors (Lipinski definition) is 0. The number of rotatable bonds is 3. The SMILES string of the molecule is CCC(C)COC(=O)F. The van der Waals surface area contributed by atoms with Crippen LogP contribution >= 0.6 is 0 Å². The van der Waals surface area contributed by atoms with Crippen LogP contribution in [-0.2, 0) is 4.74 Å². The van der Waals surface area contributed by atoms with Crippen molar-refractivity contribution in [3.05, 3.63) is 0 Å². The highest BCUT2D eigenvalue weighted by atomic mass is 19.1. The van der Waals surface area contributed by atoms with Crippen molar-refractivity contribution in [3.8, 4) is 0 Å². The van der Waals surface area contributed by atoms with Gasteiger partial charge < -0.3 is 4.74 Å². The number of carbonyl (C=O) groups is 1. The molecule has 0 radical (unpaired) electrons. The average molecular weight is 134 g/mol. The van der Waals surface area contributed by atoms with Gasteiger partial charge >= 0.3 is 6.22 Å². The molecule has 0 aromatic rings. The molecule has 1 atom stereocenters. The van der Waals surface area contributed by atoms with Gasteiger partial charge in [-0.05, 0) is 5.92 Å². The number of ether oxygens (including phenoxy) is 1. The third-order valence-electron chi connectivity index (χ3n) is 1.18. The van der Waals surface area contributed by atoms with Gasteiger partial charge in [-0.1, -0.05) is 20.3 Å². The molecule has 0 N–H and O–H groups in total. The monoisotopic (exact) mass is 134 g/mol. The van der Waals surface area contributed by atoms with E-state index in [9.17, 15) is 9.18 Å². The van der Waals surface area contributed by atoms with Crippen LogP contribution in [-0.4, -0.2) is 12.8 Å². The Morgan fingerprint density at radius 1 is 1.78 bits per heavy atom. The Morgan fingerprint density at radius 3 is 2.67 bits per heavy atom. The van der Waals surface area contributed by atoms with Gasteiger partial charge in [0.15, 0.2) is 0 Å². The zero-order valence-corrected chi connectivity index (χ0v) is 5.69. The summed E-state index contributed by atoms with van der Waals surface area (Å²) in [5.74, 6) is 0.254. The lowest BCUT2D eigenvalue weighted by Crippen LogP contribution is -2.05. The molecular weight excluding hydrogens is 123 g/mol. The molecule has 0 aliphatic heterocycles.